The summed E-state index contributed by atoms with van der Waals surface area (Å²) in [6, 6.07) is 0. The summed E-state index contributed by atoms with van der Waals surface area (Å²) in [6.07, 6.45) is 8.93. The highest BCUT2D eigenvalue weighted by Gasteiger charge is 2.43. The molecular weight excluding hydrogens is 404 g/mol. The number of hydrogen-bond donors (Lipinski definition) is 1. The minimum atomic E-state index is -1.30. The van der Waals surface area contributed by atoms with Gasteiger partial charge in [0.25, 0.3) is 0 Å². The van der Waals surface area contributed by atoms with Crippen molar-refractivity contribution in [3.8, 4) is 0 Å². The standard InChI is InChI=1S/C17H27BrN4O2S/c1-16(2,25(19)23)4-3-13-9-17(12-24-13)5-7-22(8-6-17)15-11-20-14(18)10-21-15/h10-11,13H,3-9,12,19H2,1-2H3/t13-,25?/m0/s1. The van der Waals surface area contributed by atoms with Crippen molar-refractivity contribution >= 4 is 33.1 Å². The van der Waals surface area contributed by atoms with E-state index in [0.717, 1.165) is 62.2 Å². The maximum absolute atomic E-state index is 11.6. The van der Waals surface area contributed by atoms with Crippen molar-refractivity contribution in [1.29, 1.82) is 0 Å². The zero-order valence-electron chi connectivity index (χ0n) is 14.9. The molecule has 2 atom stereocenters. The Hall–Kier alpha value is -0.410. The summed E-state index contributed by atoms with van der Waals surface area (Å²) in [5, 5.41) is 5.58. The van der Waals surface area contributed by atoms with Crippen LogP contribution in [0.1, 0.15) is 46.0 Å². The number of anilines is 1. The molecule has 1 unspecified atom stereocenters. The lowest BCUT2D eigenvalue weighted by molar-refractivity contribution is 0.0813. The van der Waals surface area contributed by atoms with Crippen LogP contribution in [0, 0.1) is 5.41 Å². The Morgan fingerprint density at radius 2 is 2.12 bits per heavy atom. The first-order valence-electron chi connectivity index (χ1n) is 8.80. The molecule has 2 aliphatic rings. The number of nitrogens with two attached hydrogens (primary N) is 1. The predicted octanol–water partition coefficient (Wildman–Crippen LogP) is 2.80. The van der Waals surface area contributed by atoms with Gasteiger partial charge in [0.2, 0.25) is 0 Å². The number of halogens is 1. The maximum Gasteiger partial charge on any atom is 0.147 e. The van der Waals surface area contributed by atoms with Crippen molar-refractivity contribution in [2.24, 2.45) is 10.6 Å². The zero-order valence-corrected chi connectivity index (χ0v) is 17.3. The lowest BCUT2D eigenvalue weighted by atomic mass is 9.76. The van der Waals surface area contributed by atoms with Crippen LogP contribution in [0.4, 0.5) is 5.82 Å². The van der Waals surface area contributed by atoms with E-state index in [1.165, 1.54) is 0 Å². The van der Waals surface area contributed by atoms with Gasteiger partial charge < -0.3 is 14.2 Å². The van der Waals surface area contributed by atoms with Gasteiger partial charge >= 0.3 is 0 Å². The van der Waals surface area contributed by atoms with Crippen LogP contribution in [-0.2, 0) is 16.1 Å². The van der Waals surface area contributed by atoms with Crippen LogP contribution in [-0.4, -0.2) is 45.1 Å². The Morgan fingerprint density at radius 1 is 1.40 bits per heavy atom. The second-order valence-electron chi connectivity index (χ2n) is 7.92. The average molecular weight is 431 g/mol. The van der Waals surface area contributed by atoms with Gasteiger partial charge in [-0.2, -0.15) is 5.14 Å². The first-order valence-corrected chi connectivity index (χ1v) is 10.8. The normalized spacial score (nSPS) is 24.7. The van der Waals surface area contributed by atoms with E-state index in [-0.39, 0.29) is 16.3 Å². The molecule has 140 valence electrons. The average Bonchev–Trinajstić information content (AvgIpc) is 2.97. The number of hydrogen-bond acceptors (Lipinski definition) is 6. The van der Waals surface area contributed by atoms with Crippen LogP contribution < -0.4 is 10.0 Å². The van der Waals surface area contributed by atoms with Gasteiger partial charge in [0, 0.05) is 30.9 Å². The molecule has 2 saturated heterocycles. The van der Waals surface area contributed by atoms with Gasteiger partial charge in [-0.3, -0.25) is 0 Å². The van der Waals surface area contributed by atoms with Crippen LogP contribution >= 0.6 is 15.9 Å². The van der Waals surface area contributed by atoms with Crippen molar-refractivity contribution in [2.75, 3.05) is 24.6 Å². The van der Waals surface area contributed by atoms with Gasteiger partial charge in [0.1, 0.15) is 15.2 Å². The monoisotopic (exact) mass is 430 g/mol. The smallest absolute Gasteiger partial charge is 0.147 e. The fourth-order valence-corrected chi connectivity index (χ4v) is 4.24. The summed E-state index contributed by atoms with van der Waals surface area (Å²) in [4.78, 5) is 11.0. The molecule has 2 fully saturated rings. The van der Waals surface area contributed by atoms with Gasteiger partial charge in [-0.15, -0.1) is 0 Å². The van der Waals surface area contributed by atoms with Crippen LogP contribution in [0.5, 0.6) is 0 Å². The molecule has 8 heteroatoms. The fourth-order valence-electron chi connectivity index (χ4n) is 3.72. The molecule has 0 bridgehead atoms. The molecule has 0 saturated carbocycles. The molecule has 2 N–H and O–H groups in total. The number of aromatic nitrogens is 2. The van der Waals surface area contributed by atoms with E-state index in [9.17, 15) is 4.55 Å². The molecule has 1 aromatic heterocycles. The van der Waals surface area contributed by atoms with Crippen molar-refractivity contribution in [1.82, 2.24) is 9.97 Å². The highest BCUT2D eigenvalue weighted by Crippen LogP contribution is 2.44. The molecular formula is C17H27BrN4O2S. The quantitative estimate of drug-likeness (QED) is 0.722. The SMILES string of the molecule is CC(C)(CC[C@H]1CC2(CCN(c3cnc(Br)cn3)CC2)CO1)[S+](N)[O-]. The molecule has 1 aromatic rings. The summed E-state index contributed by atoms with van der Waals surface area (Å²) in [5.74, 6) is 0.945. The van der Waals surface area contributed by atoms with Crippen molar-refractivity contribution < 1.29 is 9.29 Å². The van der Waals surface area contributed by atoms with Crippen LogP contribution in [0.15, 0.2) is 17.0 Å². The van der Waals surface area contributed by atoms with Crippen LogP contribution in [0.3, 0.4) is 0 Å². The van der Waals surface area contributed by atoms with Gasteiger partial charge in [-0.05, 0) is 60.9 Å². The fraction of sp³-hybridized carbons (Fsp3) is 0.765. The second kappa shape index (κ2) is 7.68. The van der Waals surface area contributed by atoms with E-state index in [1.807, 2.05) is 20.0 Å². The molecule has 2 aliphatic heterocycles. The first kappa shape index (κ1) is 19.4. The first-order chi connectivity index (χ1) is 11.8. The Morgan fingerprint density at radius 3 is 2.72 bits per heavy atom. The van der Waals surface area contributed by atoms with E-state index in [4.69, 9.17) is 9.88 Å². The third-order valence-corrected chi connectivity index (χ3v) is 7.36. The molecule has 3 heterocycles. The van der Waals surface area contributed by atoms with Crippen molar-refractivity contribution in [3.63, 3.8) is 0 Å². The molecule has 0 radical (unpaired) electrons. The Bertz CT molecular complexity index is 577. The highest BCUT2D eigenvalue weighted by atomic mass is 79.9. The number of piperidine rings is 1. The van der Waals surface area contributed by atoms with Crippen molar-refractivity contribution in [2.45, 2.75) is 56.8 Å². The molecule has 0 aromatic carbocycles. The summed E-state index contributed by atoms with van der Waals surface area (Å²) >= 11 is 2.03. The molecule has 6 nitrogen and oxygen atoms in total. The summed E-state index contributed by atoms with van der Waals surface area (Å²) < 4.78 is 18.1. The van der Waals surface area contributed by atoms with Gasteiger partial charge in [-0.25, -0.2) is 9.97 Å². The summed E-state index contributed by atoms with van der Waals surface area (Å²) in [6.45, 7) is 6.75. The minimum absolute atomic E-state index is 0.266. The third kappa shape index (κ3) is 4.66. The minimum Gasteiger partial charge on any atom is -0.598 e. The second-order valence-corrected chi connectivity index (χ2v) is 10.4. The molecule has 0 amide bonds. The van der Waals surface area contributed by atoms with Crippen LogP contribution in [0.2, 0.25) is 0 Å². The van der Waals surface area contributed by atoms with Gasteiger partial charge in [0.15, 0.2) is 0 Å². The van der Waals surface area contributed by atoms with E-state index in [1.54, 1.807) is 6.20 Å². The van der Waals surface area contributed by atoms with Crippen LogP contribution in [0.25, 0.3) is 0 Å². The Balaban J connectivity index is 1.50. The maximum atomic E-state index is 11.6. The molecule has 3 rings (SSSR count). The lowest BCUT2D eigenvalue weighted by Crippen LogP contribution is -2.41. The van der Waals surface area contributed by atoms with E-state index >= 15 is 0 Å². The number of rotatable bonds is 5. The largest absolute Gasteiger partial charge is 0.598 e. The molecule has 25 heavy (non-hydrogen) atoms. The topological polar surface area (TPSA) is 87.3 Å². The van der Waals surface area contributed by atoms with E-state index in [0.29, 0.717) is 0 Å². The summed E-state index contributed by atoms with van der Waals surface area (Å²) in [7, 11) is 0. The Kier molecular flexibility index (Phi) is 5.95. The highest BCUT2D eigenvalue weighted by molar-refractivity contribution is 9.10. The lowest BCUT2D eigenvalue weighted by Gasteiger charge is -2.39. The number of ether oxygens (including phenoxy) is 1. The molecule has 1 spiro atoms. The molecule has 0 aliphatic carbocycles. The summed E-state index contributed by atoms with van der Waals surface area (Å²) in [5.41, 5.74) is 0.288. The zero-order chi connectivity index (χ0) is 18.1. The van der Waals surface area contributed by atoms with E-state index < -0.39 is 11.4 Å². The number of nitrogens with zero attached hydrogens (tertiary/aromatic N) is 3. The van der Waals surface area contributed by atoms with Gasteiger partial charge in [0.05, 0.1) is 25.1 Å². The van der Waals surface area contributed by atoms with Gasteiger partial charge in [-0.1, -0.05) is 0 Å². The predicted molar refractivity (Wildman–Crippen MR) is 104 cm³/mol. The third-order valence-electron chi connectivity index (χ3n) is 5.65. The Labute approximate surface area is 161 Å². The van der Waals surface area contributed by atoms with Crippen molar-refractivity contribution in [3.05, 3.63) is 17.0 Å². The van der Waals surface area contributed by atoms with E-state index in [2.05, 4.69) is 30.8 Å².